The molecular weight excluding hydrogens is 466 g/mol. The van der Waals surface area contributed by atoms with Gasteiger partial charge in [0.25, 0.3) is 5.91 Å². The van der Waals surface area contributed by atoms with E-state index in [1.54, 1.807) is 23.1 Å². The number of aromatic nitrogens is 1. The van der Waals surface area contributed by atoms with Crippen molar-refractivity contribution in [1.29, 1.82) is 0 Å². The molecule has 33 heavy (non-hydrogen) atoms. The monoisotopic (exact) mass is 490 g/mol. The third-order valence-electron chi connectivity index (χ3n) is 5.67. The van der Waals surface area contributed by atoms with Gasteiger partial charge in [0, 0.05) is 39.3 Å². The van der Waals surface area contributed by atoms with E-state index in [0.29, 0.717) is 54.4 Å². The number of likely N-dealkylation sites (N-methyl/N-ethyl adjacent to an activating group) is 1. The average Bonchev–Trinajstić information content (AvgIpc) is 3.27. The zero-order valence-corrected chi connectivity index (χ0v) is 19.8. The number of carbonyl (C=O) groups excluding carboxylic acids is 1. The zero-order chi connectivity index (χ0) is 23.4. The fraction of sp³-hybridized carbons (Fsp3) is 0.333. The molecular formula is C24H25Cl2FN4O2. The highest BCUT2D eigenvalue weighted by Gasteiger charge is 2.24. The van der Waals surface area contributed by atoms with Crippen molar-refractivity contribution in [3.63, 3.8) is 0 Å². The minimum atomic E-state index is -0.289. The molecule has 1 aliphatic heterocycles. The predicted molar refractivity (Wildman–Crippen MR) is 126 cm³/mol. The van der Waals surface area contributed by atoms with Crippen LogP contribution in [0.3, 0.4) is 0 Å². The van der Waals surface area contributed by atoms with Gasteiger partial charge >= 0.3 is 0 Å². The van der Waals surface area contributed by atoms with Crippen LogP contribution in [0.15, 0.2) is 53.1 Å². The molecule has 4 rings (SSSR count). The molecule has 1 amide bonds. The van der Waals surface area contributed by atoms with Crippen LogP contribution < -0.4 is 0 Å². The summed E-state index contributed by atoms with van der Waals surface area (Å²) in [4.78, 5) is 23.3. The first-order valence-electron chi connectivity index (χ1n) is 10.7. The SMILES string of the molecule is CN1CCN(C(=O)c2coc(CN(Cc3ccc(F)cc3)Cc3cccc(Cl)c3Cl)n2)CC1. The van der Waals surface area contributed by atoms with E-state index < -0.39 is 0 Å². The van der Waals surface area contributed by atoms with Crippen LogP contribution in [-0.4, -0.2) is 58.8 Å². The summed E-state index contributed by atoms with van der Waals surface area (Å²) in [6.45, 7) is 4.33. The number of halogens is 3. The molecule has 9 heteroatoms. The van der Waals surface area contributed by atoms with Gasteiger partial charge in [-0.25, -0.2) is 9.37 Å². The maximum absolute atomic E-state index is 13.4. The predicted octanol–water partition coefficient (Wildman–Crippen LogP) is 4.71. The highest BCUT2D eigenvalue weighted by atomic mass is 35.5. The molecule has 6 nitrogen and oxygen atoms in total. The molecule has 0 N–H and O–H groups in total. The van der Waals surface area contributed by atoms with Gasteiger partial charge in [-0.2, -0.15) is 0 Å². The van der Waals surface area contributed by atoms with Crippen LogP contribution in [0.4, 0.5) is 4.39 Å². The quantitative estimate of drug-likeness (QED) is 0.479. The minimum Gasteiger partial charge on any atom is -0.447 e. The molecule has 0 spiro atoms. The Kier molecular flexibility index (Phi) is 7.65. The van der Waals surface area contributed by atoms with Crippen molar-refractivity contribution in [3.05, 3.63) is 87.3 Å². The first-order valence-corrected chi connectivity index (χ1v) is 11.5. The van der Waals surface area contributed by atoms with Crippen LogP contribution in [0.25, 0.3) is 0 Å². The summed E-state index contributed by atoms with van der Waals surface area (Å²) in [5, 5.41) is 0.966. The van der Waals surface area contributed by atoms with E-state index >= 15 is 0 Å². The van der Waals surface area contributed by atoms with Crippen molar-refractivity contribution >= 4 is 29.1 Å². The molecule has 0 saturated carbocycles. The Bertz CT molecular complexity index is 1100. The Hall–Kier alpha value is -2.45. The van der Waals surface area contributed by atoms with Crippen molar-refractivity contribution in [3.8, 4) is 0 Å². The van der Waals surface area contributed by atoms with Gasteiger partial charge in [-0.1, -0.05) is 47.5 Å². The topological polar surface area (TPSA) is 52.8 Å². The van der Waals surface area contributed by atoms with Crippen LogP contribution in [-0.2, 0) is 19.6 Å². The van der Waals surface area contributed by atoms with Gasteiger partial charge in [0.15, 0.2) is 5.69 Å². The third kappa shape index (κ3) is 6.12. The number of carbonyl (C=O) groups is 1. The Balaban J connectivity index is 1.50. The molecule has 174 valence electrons. The highest BCUT2D eigenvalue weighted by molar-refractivity contribution is 6.42. The summed E-state index contributed by atoms with van der Waals surface area (Å²) in [6, 6.07) is 11.8. The summed E-state index contributed by atoms with van der Waals surface area (Å²) in [7, 11) is 2.04. The van der Waals surface area contributed by atoms with Gasteiger partial charge in [-0.15, -0.1) is 0 Å². The second-order valence-corrected chi connectivity index (χ2v) is 8.99. The van der Waals surface area contributed by atoms with Crippen LogP contribution >= 0.6 is 23.2 Å². The molecule has 0 bridgehead atoms. The second kappa shape index (κ2) is 10.7. The molecule has 1 aromatic heterocycles. The van der Waals surface area contributed by atoms with Crippen molar-refractivity contribution < 1.29 is 13.6 Å². The van der Waals surface area contributed by atoms with E-state index in [1.165, 1.54) is 18.4 Å². The number of amides is 1. The van der Waals surface area contributed by atoms with Crippen molar-refractivity contribution in [1.82, 2.24) is 19.7 Å². The van der Waals surface area contributed by atoms with Gasteiger partial charge in [0.1, 0.15) is 12.1 Å². The third-order valence-corrected chi connectivity index (χ3v) is 6.52. The number of oxazole rings is 1. The largest absolute Gasteiger partial charge is 0.447 e. The smallest absolute Gasteiger partial charge is 0.275 e. The normalized spacial score (nSPS) is 14.8. The Morgan fingerprint density at radius 3 is 2.52 bits per heavy atom. The lowest BCUT2D eigenvalue weighted by atomic mass is 10.1. The molecule has 1 saturated heterocycles. The number of hydrogen-bond acceptors (Lipinski definition) is 5. The van der Waals surface area contributed by atoms with Gasteiger partial charge in [0.05, 0.1) is 16.6 Å². The van der Waals surface area contributed by atoms with Crippen LogP contribution in [0.2, 0.25) is 10.0 Å². The molecule has 0 unspecified atom stereocenters. The van der Waals surface area contributed by atoms with E-state index in [2.05, 4.69) is 14.8 Å². The van der Waals surface area contributed by atoms with Crippen molar-refractivity contribution in [2.24, 2.45) is 0 Å². The molecule has 0 aliphatic carbocycles. The second-order valence-electron chi connectivity index (χ2n) is 8.21. The number of nitrogens with zero attached hydrogens (tertiary/aromatic N) is 4. The lowest BCUT2D eigenvalue weighted by molar-refractivity contribution is 0.0658. The van der Waals surface area contributed by atoms with Gasteiger partial charge < -0.3 is 14.2 Å². The summed E-state index contributed by atoms with van der Waals surface area (Å²) in [5.41, 5.74) is 2.08. The maximum Gasteiger partial charge on any atom is 0.275 e. The lowest BCUT2D eigenvalue weighted by Gasteiger charge is -2.31. The van der Waals surface area contributed by atoms with E-state index in [9.17, 15) is 9.18 Å². The Labute approximate surface area is 202 Å². The standard InChI is InChI=1S/C24H25Cl2FN4O2/c1-29-9-11-31(12-10-29)24(32)21-16-33-22(28-21)15-30(13-17-5-7-19(27)8-6-17)14-18-3-2-4-20(25)23(18)26/h2-8,16H,9-15H2,1H3. The van der Waals surface area contributed by atoms with Gasteiger partial charge in [-0.3, -0.25) is 9.69 Å². The van der Waals surface area contributed by atoms with Gasteiger partial charge in [-0.05, 0) is 36.4 Å². The van der Waals surface area contributed by atoms with Crippen LogP contribution in [0.1, 0.15) is 27.5 Å². The van der Waals surface area contributed by atoms with Crippen LogP contribution in [0.5, 0.6) is 0 Å². The van der Waals surface area contributed by atoms with E-state index in [4.69, 9.17) is 27.6 Å². The molecule has 0 atom stereocenters. The molecule has 2 heterocycles. The highest BCUT2D eigenvalue weighted by Crippen LogP contribution is 2.27. The van der Waals surface area contributed by atoms with Crippen LogP contribution in [0, 0.1) is 5.82 Å². The Morgan fingerprint density at radius 2 is 1.79 bits per heavy atom. The number of benzene rings is 2. The number of rotatable bonds is 7. The lowest BCUT2D eigenvalue weighted by Crippen LogP contribution is -2.47. The molecule has 1 fully saturated rings. The first kappa shape index (κ1) is 23.7. The summed E-state index contributed by atoms with van der Waals surface area (Å²) in [5.74, 6) is 0.0109. The molecule has 1 aliphatic rings. The van der Waals surface area contributed by atoms with Crippen molar-refractivity contribution in [2.45, 2.75) is 19.6 Å². The van der Waals surface area contributed by atoms with Gasteiger partial charge in [0.2, 0.25) is 5.89 Å². The summed E-state index contributed by atoms with van der Waals surface area (Å²) < 4.78 is 19.0. The number of piperazine rings is 1. The average molecular weight is 491 g/mol. The van der Waals surface area contributed by atoms with E-state index in [0.717, 1.165) is 24.2 Å². The zero-order valence-electron chi connectivity index (χ0n) is 18.3. The number of hydrogen-bond donors (Lipinski definition) is 0. The molecule has 2 aromatic carbocycles. The fourth-order valence-electron chi connectivity index (χ4n) is 3.77. The van der Waals surface area contributed by atoms with Crippen molar-refractivity contribution in [2.75, 3.05) is 33.2 Å². The Morgan fingerprint density at radius 1 is 1.06 bits per heavy atom. The van der Waals surface area contributed by atoms with E-state index in [1.807, 2.05) is 19.2 Å². The van der Waals surface area contributed by atoms with E-state index in [-0.39, 0.29) is 11.7 Å². The first-order chi connectivity index (χ1) is 15.9. The fourth-order valence-corrected chi connectivity index (χ4v) is 4.15. The molecule has 3 aromatic rings. The minimum absolute atomic E-state index is 0.124. The summed E-state index contributed by atoms with van der Waals surface area (Å²) in [6.07, 6.45) is 1.42. The maximum atomic E-state index is 13.4. The molecule has 0 radical (unpaired) electrons. The summed E-state index contributed by atoms with van der Waals surface area (Å²) >= 11 is 12.6.